The summed E-state index contributed by atoms with van der Waals surface area (Å²) in [5.41, 5.74) is 4.95. The summed E-state index contributed by atoms with van der Waals surface area (Å²) in [6.45, 7) is 1.90. The molecule has 2 rings (SSSR count). The Morgan fingerprint density at radius 3 is 2.64 bits per heavy atom. The van der Waals surface area contributed by atoms with Crippen molar-refractivity contribution in [3.63, 3.8) is 0 Å². The molecule has 0 atom stereocenters. The molecule has 4 N–H and O–H groups in total. The molecule has 1 aliphatic heterocycles. The van der Waals surface area contributed by atoms with Crippen molar-refractivity contribution in [3.05, 3.63) is 23.8 Å². The maximum Gasteiger partial charge on any atom is 0.416 e. The first-order valence-electron chi connectivity index (χ1n) is 7.33. The largest absolute Gasteiger partial charge is 0.416 e. The first kappa shape index (κ1) is 16.6. The molecule has 22 heavy (non-hydrogen) atoms. The van der Waals surface area contributed by atoms with Gasteiger partial charge in [0.05, 0.1) is 16.9 Å². The lowest BCUT2D eigenvalue weighted by atomic mass is 9.93. The number of piperidine rings is 1. The van der Waals surface area contributed by atoms with Crippen LogP contribution in [0.1, 0.15) is 31.2 Å². The fourth-order valence-corrected chi connectivity index (χ4v) is 2.56. The molecule has 1 amide bonds. The molecule has 1 aliphatic rings. The minimum Gasteiger partial charge on any atom is -0.397 e. The number of benzene rings is 1. The number of nitrogens with one attached hydrogen (secondary N) is 2. The smallest absolute Gasteiger partial charge is 0.397 e. The number of nitrogens with two attached hydrogens (primary N) is 1. The monoisotopic (exact) mass is 315 g/mol. The molecule has 0 aromatic heterocycles. The molecule has 1 heterocycles. The van der Waals surface area contributed by atoms with Crippen LogP contribution < -0.4 is 16.4 Å². The highest BCUT2D eigenvalue weighted by atomic mass is 19.4. The number of anilines is 2. The molecular formula is C15H20F3N3O. The number of amides is 1. The van der Waals surface area contributed by atoms with Crippen LogP contribution in [0.3, 0.4) is 0 Å². The Kier molecular flexibility index (Phi) is 5.28. The van der Waals surface area contributed by atoms with Gasteiger partial charge in [-0.15, -0.1) is 0 Å². The van der Waals surface area contributed by atoms with Gasteiger partial charge in [-0.25, -0.2) is 0 Å². The molecule has 0 aliphatic carbocycles. The molecule has 0 saturated carbocycles. The first-order chi connectivity index (χ1) is 10.4. The highest BCUT2D eigenvalue weighted by Crippen LogP contribution is 2.33. The maximum absolute atomic E-state index is 12.7. The van der Waals surface area contributed by atoms with Gasteiger partial charge >= 0.3 is 6.18 Å². The van der Waals surface area contributed by atoms with Gasteiger partial charge in [0, 0.05) is 6.42 Å². The minimum atomic E-state index is -4.46. The topological polar surface area (TPSA) is 67.1 Å². The van der Waals surface area contributed by atoms with E-state index in [1.54, 1.807) is 0 Å². The Hall–Kier alpha value is -1.76. The molecule has 1 aromatic carbocycles. The zero-order chi connectivity index (χ0) is 16.2. The average Bonchev–Trinajstić information content (AvgIpc) is 2.47. The van der Waals surface area contributed by atoms with E-state index in [0.29, 0.717) is 12.3 Å². The normalized spacial score (nSPS) is 16.5. The van der Waals surface area contributed by atoms with E-state index >= 15 is 0 Å². The lowest BCUT2D eigenvalue weighted by Gasteiger charge is -2.22. The summed E-state index contributed by atoms with van der Waals surface area (Å²) in [6.07, 6.45) is -1.37. The number of carbonyl (C=O) groups is 1. The molecule has 0 spiro atoms. The fourth-order valence-electron chi connectivity index (χ4n) is 2.56. The summed E-state index contributed by atoms with van der Waals surface area (Å²) >= 11 is 0. The van der Waals surface area contributed by atoms with Gasteiger partial charge < -0.3 is 16.4 Å². The Balaban J connectivity index is 1.93. The molecule has 4 nitrogen and oxygen atoms in total. The van der Waals surface area contributed by atoms with Crippen LogP contribution in [0.25, 0.3) is 0 Å². The number of nitrogen functional groups attached to an aromatic ring is 1. The zero-order valence-electron chi connectivity index (χ0n) is 12.2. The van der Waals surface area contributed by atoms with E-state index < -0.39 is 11.7 Å². The van der Waals surface area contributed by atoms with Crippen LogP contribution in [0, 0.1) is 5.92 Å². The first-order valence-corrected chi connectivity index (χ1v) is 7.33. The number of alkyl halides is 3. The third-order valence-electron chi connectivity index (χ3n) is 3.89. The summed E-state index contributed by atoms with van der Waals surface area (Å²) < 4.78 is 38.0. The highest BCUT2D eigenvalue weighted by Gasteiger charge is 2.31. The quantitative estimate of drug-likeness (QED) is 0.748. The van der Waals surface area contributed by atoms with E-state index in [2.05, 4.69) is 10.6 Å². The lowest BCUT2D eigenvalue weighted by Crippen LogP contribution is -2.28. The molecule has 1 saturated heterocycles. The van der Waals surface area contributed by atoms with E-state index in [1.165, 1.54) is 0 Å². The van der Waals surface area contributed by atoms with Gasteiger partial charge in [0.15, 0.2) is 0 Å². The van der Waals surface area contributed by atoms with Crippen molar-refractivity contribution in [1.82, 2.24) is 5.32 Å². The Bertz CT molecular complexity index is 525. The van der Waals surface area contributed by atoms with Crippen LogP contribution in [0.4, 0.5) is 24.5 Å². The molecular weight excluding hydrogens is 295 g/mol. The van der Waals surface area contributed by atoms with Gasteiger partial charge in [-0.2, -0.15) is 13.2 Å². The van der Waals surface area contributed by atoms with Crippen LogP contribution >= 0.6 is 0 Å². The van der Waals surface area contributed by atoms with Crippen molar-refractivity contribution in [2.45, 2.75) is 31.9 Å². The van der Waals surface area contributed by atoms with E-state index in [0.717, 1.165) is 50.6 Å². The molecule has 122 valence electrons. The molecule has 1 fully saturated rings. The fraction of sp³-hybridized carbons (Fsp3) is 0.533. The van der Waals surface area contributed by atoms with Crippen LogP contribution in [-0.4, -0.2) is 19.0 Å². The molecule has 0 unspecified atom stereocenters. The van der Waals surface area contributed by atoms with Crippen LogP contribution in [-0.2, 0) is 11.0 Å². The van der Waals surface area contributed by atoms with E-state index in [-0.39, 0.29) is 17.3 Å². The Labute approximate surface area is 127 Å². The minimum absolute atomic E-state index is 0.0186. The predicted molar refractivity (Wildman–Crippen MR) is 79.3 cm³/mol. The predicted octanol–water partition coefficient (Wildman–Crippen LogP) is 3.01. The standard InChI is InChI=1S/C15H20F3N3O/c16-15(17,18)11-2-3-12(19)13(9-11)21-14(22)4-1-10-5-7-20-8-6-10/h2-3,9-10,20H,1,4-8,19H2,(H,21,22). The van der Waals surface area contributed by atoms with Gasteiger partial charge in [-0.3, -0.25) is 4.79 Å². The number of carbonyl (C=O) groups excluding carboxylic acids is 1. The summed E-state index contributed by atoms with van der Waals surface area (Å²) in [6, 6.07) is 2.93. The van der Waals surface area contributed by atoms with Gasteiger partial charge in [-0.1, -0.05) is 0 Å². The van der Waals surface area contributed by atoms with Gasteiger partial charge in [0.1, 0.15) is 0 Å². The summed E-state index contributed by atoms with van der Waals surface area (Å²) in [7, 11) is 0. The van der Waals surface area contributed by atoms with Crippen molar-refractivity contribution in [2.24, 2.45) is 5.92 Å². The molecule has 1 aromatic rings. The number of rotatable bonds is 4. The van der Waals surface area contributed by atoms with Crippen LogP contribution in [0.2, 0.25) is 0 Å². The van der Waals surface area contributed by atoms with Crippen molar-refractivity contribution >= 4 is 17.3 Å². The summed E-state index contributed by atoms with van der Waals surface area (Å²) in [5.74, 6) is 0.190. The van der Waals surface area contributed by atoms with Crippen LogP contribution in [0.5, 0.6) is 0 Å². The van der Waals surface area contributed by atoms with Gasteiger partial charge in [0.25, 0.3) is 0 Å². The number of hydrogen-bond acceptors (Lipinski definition) is 3. The highest BCUT2D eigenvalue weighted by molar-refractivity contribution is 5.93. The van der Waals surface area contributed by atoms with Gasteiger partial charge in [-0.05, 0) is 56.5 Å². The van der Waals surface area contributed by atoms with Crippen LogP contribution in [0.15, 0.2) is 18.2 Å². The lowest BCUT2D eigenvalue weighted by molar-refractivity contribution is -0.137. The SMILES string of the molecule is Nc1ccc(C(F)(F)F)cc1NC(=O)CCC1CCNCC1. The second-order valence-electron chi connectivity index (χ2n) is 5.58. The third-order valence-corrected chi connectivity index (χ3v) is 3.89. The van der Waals surface area contributed by atoms with E-state index in [4.69, 9.17) is 5.73 Å². The molecule has 0 radical (unpaired) electrons. The second kappa shape index (κ2) is 7.00. The average molecular weight is 315 g/mol. The van der Waals surface area contributed by atoms with Crippen molar-refractivity contribution in [3.8, 4) is 0 Å². The molecule has 7 heteroatoms. The Morgan fingerprint density at radius 1 is 1.32 bits per heavy atom. The second-order valence-corrected chi connectivity index (χ2v) is 5.58. The number of halogens is 3. The van der Waals surface area contributed by atoms with Crippen molar-refractivity contribution in [1.29, 1.82) is 0 Å². The van der Waals surface area contributed by atoms with Crippen molar-refractivity contribution < 1.29 is 18.0 Å². The summed E-state index contributed by atoms with van der Waals surface area (Å²) in [5, 5.41) is 5.73. The van der Waals surface area contributed by atoms with Gasteiger partial charge in [0.2, 0.25) is 5.91 Å². The molecule has 0 bridgehead atoms. The van der Waals surface area contributed by atoms with E-state index in [9.17, 15) is 18.0 Å². The number of hydrogen-bond donors (Lipinski definition) is 3. The Morgan fingerprint density at radius 2 is 2.00 bits per heavy atom. The third kappa shape index (κ3) is 4.62. The van der Waals surface area contributed by atoms with Crippen molar-refractivity contribution in [2.75, 3.05) is 24.1 Å². The summed E-state index contributed by atoms with van der Waals surface area (Å²) in [4.78, 5) is 11.9. The van der Waals surface area contributed by atoms with E-state index in [1.807, 2.05) is 0 Å². The zero-order valence-corrected chi connectivity index (χ0v) is 12.2. The maximum atomic E-state index is 12.7.